The van der Waals surface area contributed by atoms with E-state index in [-0.39, 0.29) is 23.9 Å². The predicted molar refractivity (Wildman–Crippen MR) is 121 cm³/mol. The van der Waals surface area contributed by atoms with Crippen LogP contribution in [0.1, 0.15) is 58.3 Å². The van der Waals surface area contributed by atoms with Gasteiger partial charge in [0.1, 0.15) is 11.6 Å². The molecule has 3 unspecified atom stereocenters. The second kappa shape index (κ2) is 15.6. The normalized spacial score (nSPS) is 22.2. The Morgan fingerprint density at radius 1 is 0.871 bits per heavy atom. The Kier molecular flexibility index (Phi) is 13.1. The summed E-state index contributed by atoms with van der Waals surface area (Å²) >= 11 is 1.92. The van der Waals surface area contributed by atoms with Crippen molar-refractivity contribution in [3.63, 3.8) is 0 Å². The molecule has 0 bridgehead atoms. The van der Waals surface area contributed by atoms with Crippen LogP contribution < -0.4 is 10.6 Å². The van der Waals surface area contributed by atoms with Gasteiger partial charge < -0.3 is 24.8 Å². The van der Waals surface area contributed by atoms with Crippen LogP contribution in [0.5, 0.6) is 0 Å². The highest BCUT2D eigenvalue weighted by atomic mass is 32.2. The summed E-state index contributed by atoms with van der Waals surface area (Å²) in [5.41, 5.74) is 0. The second-order valence-corrected chi connectivity index (χ2v) is 9.26. The molecule has 2 heterocycles. The van der Waals surface area contributed by atoms with Crippen LogP contribution in [0.3, 0.4) is 0 Å². The van der Waals surface area contributed by atoms with Crippen molar-refractivity contribution in [1.29, 1.82) is 0 Å². The van der Waals surface area contributed by atoms with E-state index in [0.29, 0.717) is 76.4 Å². The molecule has 2 saturated heterocycles. The maximum Gasteiger partial charge on any atom is 0.315 e. The fraction of sp³-hybridized carbons (Fsp3) is 0.864. The van der Waals surface area contributed by atoms with Gasteiger partial charge >= 0.3 is 6.03 Å². The number of ketones is 2. The number of hydrogen-bond acceptors (Lipinski definition) is 7. The molecule has 31 heavy (non-hydrogen) atoms. The number of nitrogens with one attached hydrogen (secondary N) is 2. The van der Waals surface area contributed by atoms with Gasteiger partial charge in [-0.15, -0.1) is 0 Å². The van der Waals surface area contributed by atoms with Gasteiger partial charge in [-0.1, -0.05) is 13.3 Å². The van der Waals surface area contributed by atoms with Gasteiger partial charge in [0.25, 0.3) is 0 Å². The fourth-order valence-corrected chi connectivity index (χ4v) is 5.26. The zero-order chi connectivity index (χ0) is 22.3. The number of urea groups is 1. The zero-order valence-electron chi connectivity index (χ0n) is 18.7. The number of thioether (sulfide) groups is 1. The molecule has 2 rings (SSSR count). The third-order valence-corrected chi connectivity index (χ3v) is 7.05. The third kappa shape index (κ3) is 10.8. The Morgan fingerprint density at radius 2 is 1.55 bits per heavy atom. The van der Waals surface area contributed by atoms with Crippen LogP contribution in [0.25, 0.3) is 0 Å². The monoisotopic (exact) mass is 458 g/mol. The molecule has 178 valence electrons. The molecule has 2 aliphatic heterocycles. The molecule has 0 spiro atoms. The lowest BCUT2D eigenvalue weighted by Gasteiger charge is -2.16. The van der Waals surface area contributed by atoms with E-state index >= 15 is 0 Å². The number of carbonyl (C=O) groups is 3. The lowest BCUT2D eigenvalue weighted by Crippen LogP contribution is -2.36. The average molecular weight is 459 g/mol. The van der Waals surface area contributed by atoms with Gasteiger partial charge in [-0.25, -0.2) is 4.79 Å². The molecule has 2 fully saturated rings. The highest BCUT2D eigenvalue weighted by Gasteiger charge is 2.42. The van der Waals surface area contributed by atoms with Crippen molar-refractivity contribution in [1.82, 2.24) is 10.6 Å². The van der Waals surface area contributed by atoms with Crippen LogP contribution in [0.15, 0.2) is 0 Å². The lowest BCUT2D eigenvalue weighted by molar-refractivity contribution is -0.120. The minimum absolute atomic E-state index is 0.0465. The van der Waals surface area contributed by atoms with Crippen LogP contribution in [-0.4, -0.2) is 80.3 Å². The first kappa shape index (κ1) is 26.1. The smallest absolute Gasteiger partial charge is 0.315 e. The van der Waals surface area contributed by atoms with E-state index in [4.69, 9.17) is 14.2 Å². The molecule has 0 aliphatic carbocycles. The third-order valence-electron chi connectivity index (χ3n) is 5.54. The van der Waals surface area contributed by atoms with E-state index in [9.17, 15) is 14.4 Å². The molecule has 2 aliphatic rings. The van der Waals surface area contributed by atoms with Crippen LogP contribution >= 0.6 is 11.8 Å². The van der Waals surface area contributed by atoms with Crippen molar-refractivity contribution < 1.29 is 28.6 Å². The molecule has 2 amide bonds. The summed E-state index contributed by atoms with van der Waals surface area (Å²) in [7, 11) is 0. The molecular weight excluding hydrogens is 420 g/mol. The van der Waals surface area contributed by atoms with Crippen molar-refractivity contribution in [3.8, 4) is 0 Å². The maximum atomic E-state index is 12.0. The highest BCUT2D eigenvalue weighted by molar-refractivity contribution is 8.00. The molecule has 2 N–H and O–H groups in total. The summed E-state index contributed by atoms with van der Waals surface area (Å²) < 4.78 is 16.2. The predicted octanol–water partition coefficient (Wildman–Crippen LogP) is 2.48. The first-order valence-corrected chi connectivity index (χ1v) is 12.6. The van der Waals surface area contributed by atoms with Gasteiger partial charge in [0, 0.05) is 43.3 Å². The van der Waals surface area contributed by atoms with E-state index in [1.165, 1.54) is 0 Å². The number of rotatable bonds is 19. The summed E-state index contributed by atoms with van der Waals surface area (Å²) in [5, 5.41) is 6.43. The van der Waals surface area contributed by atoms with Gasteiger partial charge in [0.2, 0.25) is 0 Å². The molecule has 0 aromatic carbocycles. The number of hydrogen-bond donors (Lipinski definition) is 2. The van der Waals surface area contributed by atoms with E-state index in [1.807, 2.05) is 18.7 Å². The Bertz CT molecular complexity index is 562. The maximum absolute atomic E-state index is 12.0. The zero-order valence-corrected chi connectivity index (χ0v) is 19.5. The lowest BCUT2D eigenvalue weighted by atomic mass is 10.0. The molecular formula is C22H38N2O6S. The molecule has 0 saturated carbocycles. The number of unbranched alkanes of at least 4 members (excludes halogenated alkanes) is 1. The van der Waals surface area contributed by atoms with Gasteiger partial charge in [-0.05, 0) is 19.3 Å². The van der Waals surface area contributed by atoms with E-state index < -0.39 is 0 Å². The molecule has 0 aromatic heterocycles. The minimum atomic E-state index is -0.0465. The molecule has 8 nitrogen and oxygen atoms in total. The van der Waals surface area contributed by atoms with Crippen LogP contribution in [0.2, 0.25) is 0 Å². The first-order valence-electron chi connectivity index (χ1n) is 11.6. The van der Waals surface area contributed by atoms with Gasteiger partial charge in [0.05, 0.1) is 45.1 Å². The van der Waals surface area contributed by atoms with E-state index in [2.05, 4.69) is 10.6 Å². The largest absolute Gasteiger partial charge is 0.379 e. The summed E-state index contributed by atoms with van der Waals surface area (Å²) in [6, 6.07) is 0.471. The van der Waals surface area contributed by atoms with Gasteiger partial charge in [0.15, 0.2) is 0 Å². The molecule has 3 atom stereocenters. The number of ether oxygens (including phenoxy) is 3. The summed E-state index contributed by atoms with van der Waals surface area (Å²) in [6.45, 7) is 4.86. The Hall–Kier alpha value is -1.16. The first-order chi connectivity index (χ1) is 15.1. The summed E-state index contributed by atoms with van der Waals surface area (Å²) in [5.74, 6) is 1.49. The van der Waals surface area contributed by atoms with Crippen LogP contribution in [-0.2, 0) is 23.8 Å². The van der Waals surface area contributed by atoms with Crippen molar-refractivity contribution in [3.05, 3.63) is 0 Å². The summed E-state index contributed by atoms with van der Waals surface area (Å²) in [4.78, 5) is 34.5. The fourth-order valence-electron chi connectivity index (χ4n) is 3.71. The van der Waals surface area contributed by atoms with Crippen molar-refractivity contribution in [2.45, 2.75) is 75.6 Å². The van der Waals surface area contributed by atoms with Gasteiger partial charge in [-0.3, -0.25) is 9.59 Å². The number of amides is 2. The SMILES string of the molecule is CCC(=O)CCOCCOCCOCCCC(=O)CCCCC1SCC2NC(=O)NC21. The average Bonchev–Trinajstić information content (AvgIpc) is 3.31. The Balaban J connectivity index is 1.31. The standard InChI is InChI=1S/C22H38N2O6S/c1-2-17(25)9-11-29-13-15-30-14-12-28-10-5-7-18(26)6-3-4-8-20-21-19(16-31-20)23-22(27)24-21/h19-21H,2-16H2,1H3,(H2,23,24,27). The Labute approximate surface area is 189 Å². The van der Waals surface area contributed by atoms with Crippen molar-refractivity contribution in [2.75, 3.05) is 45.4 Å². The second-order valence-electron chi connectivity index (χ2n) is 7.99. The van der Waals surface area contributed by atoms with Gasteiger partial charge in [-0.2, -0.15) is 11.8 Å². The number of Topliss-reactive ketones (excluding diaryl/α,β-unsaturated/α-hetero) is 2. The summed E-state index contributed by atoms with van der Waals surface area (Å²) in [6.07, 6.45) is 5.95. The van der Waals surface area contributed by atoms with Crippen LogP contribution in [0.4, 0.5) is 4.79 Å². The van der Waals surface area contributed by atoms with Crippen molar-refractivity contribution in [2.24, 2.45) is 0 Å². The number of carbonyl (C=O) groups excluding carboxylic acids is 3. The highest BCUT2D eigenvalue weighted by Crippen LogP contribution is 2.33. The van der Waals surface area contributed by atoms with E-state index in [1.54, 1.807) is 0 Å². The van der Waals surface area contributed by atoms with Crippen molar-refractivity contribution >= 4 is 29.4 Å². The quantitative estimate of drug-likeness (QED) is 0.226. The minimum Gasteiger partial charge on any atom is -0.379 e. The number of fused-ring (bicyclic) bond motifs is 1. The molecule has 0 aromatic rings. The topological polar surface area (TPSA) is 103 Å². The van der Waals surface area contributed by atoms with Crippen LogP contribution in [0, 0.1) is 0 Å². The molecule has 9 heteroatoms. The Morgan fingerprint density at radius 3 is 2.29 bits per heavy atom. The molecule has 0 radical (unpaired) electrons. The van der Waals surface area contributed by atoms with E-state index in [0.717, 1.165) is 31.4 Å².